The number of anilines is 1. The smallest absolute Gasteiger partial charge is 0.335 e. The monoisotopic (exact) mass is 237 g/mol. The number of carbonyl (C=O) groups is 1. The molecule has 0 heterocycles. The topological polar surface area (TPSA) is 63.3 Å². The summed E-state index contributed by atoms with van der Waals surface area (Å²) in [6, 6.07) is 4.98. The van der Waals surface area contributed by atoms with Gasteiger partial charge in [-0.15, -0.1) is 11.8 Å². The summed E-state index contributed by atoms with van der Waals surface area (Å²) in [5.41, 5.74) is 6.69. The lowest BCUT2D eigenvalue weighted by atomic mass is 10.2. The van der Waals surface area contributed by atoms with Gasteiger partial charge >= 0.3 is 5.97 Å². The average Bonchev–Trinajstić information content (AvgIpc) is 2.73. The van der Waals surface area contributed by atoms with E-state index < -0.39 is 5.97 Å². The first-order chi connectivity index (χ1) is 7.66. The van der Waals surface area contributed by atoms with Crippen LogP contribution < -0.4 is 5.73 Å². The van der Waals surface area contributed by atoms with E-state index in [0.29, 0.717) is 10.9 Å². The van der Waals surface area contributed by atoms with Crippen LogP contribution in [0.2, 0.25) is 0 Å². The lowest BCUT2D eigenvalue weighted by molar-refractivity contribution is 0.0697. The summed E-state index contributed by atoms with van der Waals surface area (Å²) < 4.78 is 0. The second kappa shape index (κ2) is 4.78. The molecule has 0 atom stereocenters. The van der Waals surface area contributed by atoms with E-state index in [4.69, 9.17) is 10.8 Å². The number of carboxylic acid groups (broad SMARTS) is 1. The summed E-state index contributed by atoms with van der Waals surface area (Å²) in [5, 5.41) is 9.47. The van der Waals surface area contributed by atoms with Crippen LogP contribution in [-0.4, -0.2) is 16.3 Å². The van der Waals surface area contributed by atoms with Crippen LogP contribution in [0.25, 0.3) is 0 Å². The summed E-state index contributed by atoms with van der Waals surface area (Å²) in [6.07, 6.45) is 5.07. The second-order valence-electron chi connectivity index (χ2n) is 4.08. The molecule has 3 N–H and O–H groups in total. The van der Waals surface area contributed by atoms with Gasteiger partial charge in [-0.3, -0.25) is 0 Å². The fourth-order valence-corrected chi connectivity index (χ4v) is 3.24. The zero-order valence-electron chi connectivity index (χ0n) is 8.98. The number of carboxylic acids is 1. The Kier molecular flexibility index (Phi) is 3.39. The van der Waals surface area contributed by atoms with Gasteiger partial charge in [-0.2, -0.15) is 0 Å². The Labute approximate surface area is 99.0 Å². The third-order valence-electron chi connectivity index (χ3n) is 2.85. The van der Waals surface area contributed by atoms with Crippen molar-refractivity contribution in [1.82, 2.24) is 0 Å². The number of rotatable bonds is 3. The molecule has 1 saturated carbocycles. The minimum absolute atomic E-state index is 0.258. The number of aromatic carboxylic acids is 1. The molecule has 0 radical (unpaired) electrons. The van der Waals surface area contributed by atoms with Crippen molar-refractivity contribution in [3.05, 3.63) is 23.8 Å². The Bertz CT molecular complexity index is 400. The minimum Gasteiger partial charge on any atom is -0.478 e. The Morgan fingerprint density at radius 1 is 1.38 bits per heavy atom. The molecule has 0 saturated heterocycles. The van der Waals surface area contributed by atoms with E-state index in [9.17, 15) is 4.79 Å². The van der Waals surface area contributed by atoms with E-state index in [1.807, 2.05) is 6.07 Å². The summed E-state index contributed by atoms with van der Waals surface area (Å²) in [5.74, 6) is -0.927. The van der Waals surface area contributed by atoms with Crippen LogP contribution in [-0.2, 0) is 0 Å². The number of nitrogen functional groups attached to an aromatic ring is 1. The lowest BCUT2D eigenvalue weighted by Crippen LogP contribution is -2.00. The van der Waals surface area contributed by atoms with Gasteiger partial charge in [0.25, 0.3) is 0 Å². The number of hydrogen-bond donors (Lipinski definition) is 2. The van der Waals surface area contributed by atoms with Crippen LogP contribution in [0.15, 0.2) is 23.1 Å². The first-order valence-corrected chi connectivity index (χ1v) is 6.34. The fraction of sp³-hybridized carbons (Fsp3) is 0.417. The molecule has 0 bridgehead atoms. The van der Waals surface area contributed by atoms with E-state index in [2.05, 4.69) is 0 Å². The minimum atomic E-state index is -0.927. The van der Waals surface area contributed by atoms with Gasteiger partial charge in [0.2, 0.25) is 0 Å². The molecular weight excluding hydrogens is 222 g/mol. The van der Waals surface area contributed by atoms with Gasteiger partial charge in [-0.05, 0) is 31.0 Å². The Balaban J connectivity index is 2.12. The number of hydrogen-bond acceptors (Lipinski definition) is 3. The molecule has 4 heteroatoms. The lowest BCUT2D eigenvalue weighted by Gasteiger charge is -2.11. The first kappa shape index (κ1) is 11.3. The Morgan fingerprint density at radius 2 is 2.06 bits per heavy atom. The van der Waals surface area contributed by atoms with Crippen molar-refractivity contribution in [2.45, 2.75) is 35.8 Å². The Morgan fingerprint density at radius 3 is 2.62 bits per heavy atom. The van der Waals surface area contributed by atoms with E-state index in [0.717, 1.165) is 4.90 Å². The molecule has 0 aromatic heterocycles. The van der Waals surface area contributed by atoms with Crippen molar-refractivity contribution < 1.29 is 9.90 Å². The third kappa shape index (κ3) is 2.50. The molecule has 1 aliphatic carbocycles. The SMILES string of the molecule is Nc1cc(C(=O)O)ccc1SC1CCCC1. The Hall–Kier alpha value is -1.16. The quantitative estimate of drug-likeness (QED) is 0.793. The highest BCUT2D eigenvalue weighted by molar-refractivity contribution is 8.00. The molecule has 0 aliphatic heterocycles. The van der Waals surface area contributed by atoms with Gasteiger partial charge in [0.1, 0.15) is 0 Å². The summed E-state index contributed by atoms with van der Waals surface area (Å²) >= 11 is 1.78. The first-order valence-electron chi connectivity index (χ1n) is 5.46. The predicted octanol–water partition coefficient (Wildman–Crippen LogP) is 3.00. The molecule has 3 nitrogen and oxygen atoms in total. The fourth-order valence-electron chi connectivity index (χ4n) is 1.97. The van der Waals surface area contributed by atoms with Crippen molar-refractivity contribution in [3.8, 4) is 0 Å². The van der Waals surface area contributed by atoms with Crippen molar-refractivity contribution in [1.29, 1.82) is 0 Å². The van der Waals surface area contributed by atoms with Gasteiger partial charge in [-0.1, -0.05) is 12.8 Å². The third-order valence-corrected chi connectivity index (χ3v) is 4.28. The predicted molar refractivity (Wildman–Crippen MR) is 65.9 cm³/mol. The largest absolute Gasteiger partial charge is 0.478 e. The highest BCUT2D eigenvalue weighted by Crippen LogP contribution is 2.37. The maximum atomic E-state index is 10.7. The molecule has 0 spiro atoms. The molecule has 86 valence electrons. The van der Waals surface area contributed by atoms with E-state index in [1.165, 1.54) is 25.7 Å². The van der Waals surface area contributed by atoms with Gasteiger partial charge in [0.05, 0.1) is 5.56 Å². The van der Waals surface area contributed by atoms with Crippen LogP contribution >= 0.6 is 11.8 Å². The summed E-state index contributed by atoms with van der Waals surface area (Å²) in [4.78, 5) is 11.8. The number of nitrogens with two attached hydrogens (primary N) is 1. The van der Waals surface area contributed by atoms with Gasteiger partial charge < -0.3 is 10.8 Å². The zero-order valence-corrected chi connectivity index (χ0v) is 9.80. The highest BCUT2D eigenvalue weighted by atomic mass is 32.2. The van der Waals surface area contributed by atoms with Crippen molar-refractivity contribution in [2.75, 3.05) is 5.73 Å². The molecule has 2 rings (SSSR count). The molecule has 1 fully saturated rings. The van der Waals surface area contributed by atoms with Crippen LogP contribution in [0.5, 0.6) is 0 Å². The normalized spacial score (nSPS) is 16.5. The number of benzene rings is 1. The molecular formula is C12H15NO2S. The zero-order chi connectivity index (χ0) is 11.5. The summed E-state index contributed by atoms with van der Waals surface area (Å²) in [7, 11) is 0. The van der Waals surface area contributed by atoms with E-state index >= 15 is 0 Å². The molecule has 1 aromatic rings. The number of thioether (sulfide) groups is 1. The van der Waals surface area contributed by atoms with E-state index in [-0.39, 0.29) is 5.56 Å². The highest BCUT2D eigenvalue weighted by Gasteiger charge is 2.17. The summed E-state index contributed by atoms with van der Waals surface area (Å²) in [6.45, 7) is 0. The molecule has 1 aromatic carbocycles. The van der Waals surface area contributed by atoms with Gasteiger partial charge in [0, 0.05) is 15.8 Å². The van der Waals surface area contributed by atoms with Gasteiger partial charge in [-0.25, -0.2) is 4.79 Å². The van der Waals surface area contributed by atoms with Crippen LogP contribution in [0.4, 0.5) is 5.69 Å². The maximum absolute atomic E-state index is 10.7. The molecule has 0 amide bonds. The van der Waals surface area contributed by atoms with Crippen LogP contribution in [0.3, 0.4) is 0 Å². The standard InChI is InChI=1S/C12H15NO2S/c13-10-7-8(12(14)15)5-6-11(10)16-9-3-1-2-4-9/h5-7,9H,1-4,13H2,(H,14,15). The van der Waals surface area contributed by atoms with Crippen LogP contribution in [0, 0.1) is 0 Å². The van der Waals surface area contributed by atoms with Crippen molar-refractivity contribution >= 4 is 23.4 Å². The van der Waals surface area contributed by atoms with Crippen molar-refractivity contribution in [2.24, 2.45) is 0 Å². The molecule has 16 heavy (non-hydrogen) atoms. The second-order valence-corrected chi connectivity index (χ2v) is 5.42. The van der Waals surface area contributed by atoms with Crippen molar-refractivity contribution in [3.63, 3.8) is 0 Å². The molecule has 1 aliphatic rings. The van der Waals surface area contributed by atoms with E-state index in [1.54, 1.807) is 23.9 Å². The average molecular weight is 237 g/mol. The van der Waals surface area contributed by atoms with Crippen LogP contribution in [0.1, 0.15) is 36.0 Å². The maximum Gasteiger partial charge on any atom is 0.335 e. The van der Waals surface area contributed by atoms with Gasteiger partial charge in [0.15, 0.2) is 0 Å². The molecule has 0 unspecified atom stereocenters.